The normalized spacial score (nSPS) is 13.2. The highest BCUT2D eigenvalue weighted by Crippen LogP contribution is 2.19. The molecule has 0 aliphatic heterocycles. The molecule has 0 heterocycles. The van der Waals surface area contributed by atoms with E-state index in [1.54, 1.807) is 37.4 Å². The van der Waals surface area contributed by atoms with Crippen molar-refractivity contribution in [2.24, 2.45) is 0 Å². The fourth-order valence-electron chi connectivity index (χ4n) is 2.17. The molecule has 2 aromatic rings. The van der Waals surface area contributed by atoms with Crippen LogP contribution < -0.4 is 10.6 Å². The molecule has 0 aliphatic carbocycles. The van der Waals surface area contributed by atoms with Gasteiger partial charge >= 0.3 is 6.03 Å². The van der Waals surface area contributed by atoms with Crippen LogP contribution in [0.3, 0.4) is 0 Å². The fraction of sp³-hybridized carbons (Fsp3) is 0.278. The number of urea groups is 1. The highest BCUT2D eigenvalue weighted by molar-refractivity contribution is 6.30. The van der Waals surface area contributed by atoms with Gasteiger partial charge in [-0.2, -0.15) is 0 Å². The van der Waals surface area contributed by atoms with E-state index in [0.29, 0.717) is 16.3 Å². The number of rotatable bonds is 6. The highest BCUT2D eigenvalue weighted by atomic mass is 35.5. The number of ether oxygens (including phenoxy) is 1. The Morgan fingerprint density at radius 2 is 1.92 bits per heavy atom. The Morgan fingerprint density at radius 3 is 2.58 bits per heavy atom. The van der Waals surface area contributed by atoms with Gasteiger partial charge in [-0.3, -0.25) is 0 Å². The summed E-state index contributed by atoms with van der Waals surface area (Å²) in [5, 5.41) is 16.1. The SMILES string of the molecule is COC(C)c1cccc(NC(=O)NCC(O)c2ccc(Cl)cc2)c1. The van der Waals surface area contributed by atoms with Gasteiger partial charge in [-0.25, -0.2) is 4.79 Å². The third kappa shape index (κ3) is 5.23. The third-order valence-corrected chi connectivity index (χ3v) is 3.93. The van der Waals surface area contributed by atoms with Crippen molar-refractivity contribution < 1.29 is 14.6 Å². The van der Waals surface area contributed by atoms with Crippen molar-refractivity contribution in [2.45, 2.75) is 19.1 Å². The van der Waals surface area contributed by atoms with Crippen LogP contribution in [-0.4, -0.2) is 24.8 Å². The van der Waals surface area contributed by atoms with Crippen LogP contribution >= 0.6 is 11.6 Å². The lowest BCUT2D eigenvalue weighted by Gasteiger charge is -2.14. The quantitative estimate of drug-likeness (QED) is 0.741. The number of nitrogens with one attached hydrogen (secondary N) is 2. The average molecular weight is 349 g/mol. The second-order valence-electron chi connectivity index (χ2n) is 5.41. The van der Waals surface area contributed by atoms with E-state index in [9.17, 15) is 9.90 Å². The zero-order valence-electron chi connectivity index (χ0n) is 13.6. The van der Waals surface area contributed by atoms with Crippen LogP contribution in [0.25, 0.3) is 0 Å². The maximum Gasteiger partial charge on any atom is 0.319 e. The van der Waals surface area contributed by atoms with Crippen molar-refractivity contribution >= 4 is 23.3 Å². The lowest BCUT2D eigenvalue weighted by Crippen LogP contribution is -2.32. The lowest BCUT2D eigenvalue weighted by molar-refractivity contribution is 0.119. The average Bonchev–Trinajstić information content (AvgIpc) is 2.59. The Kier molecular flexibility index (Phi) is 6.61. The van der Waals surface area contributed by atoms with Crippen molar-refractivity contribution in [1.82, 2.24) is 5.32 Å². The summed E-state index contributed by atoms with van der Waals surface area (Å²) in [4.78, 5) is 12.0. The number of amides is 2. The number of aliphatic hydroxyl groups is 1. The summed E-state index contributed by atoms with van der Waals surface area (Å²) in [5.74, 6) is 0. The summed E-state index contributed by atoms with van der Waals surface area (Å²) < 4.78 is 5.26. The van der Waals surface area contributed by atoms with Crippen molar-refractivity contribution in [1.29, 1.82) is 0 Å². The van der Waals surface area contributed by atoms with Crippen LogP contribution in [0.15, 0.2) is 48.5 Å². The minimum Gasteiger partial charge on any atom is -0.387 e. The van der Waals surface area contributed by atoms with E-state index in [0.717, 1.165) is 5.56 Å². The first-order chi connectivity index (χ1) is 11.5. The Labute approximate surface area is 146 Å². The number of methoxy groups -OCH3 is 1. The van der Waals surface area contributed by atoms with Gasteiger partial charge in [-0.1, -0.05) is 35.9 Å². The molecule has 128 valence electrons. The molecule has 0 spiro atoms. The number of carbonyl (C=O) groups is 1. The fourth-order valence-corrected chi connectivity index (χ4v) is 2.30. The number of anilines is 1. The standard InChI is InChI=1S/C18H21ClN2O3/c1-12(24-2)14-4-3-5-16(10-14)21-18(23)20-11-17(22)13-6-8-15(19)9-7-13/h3-10,12,17,22H,11H2,1-2H3,(H2,20,21,23). The third-order valence-electron chi connectivity index (χ3n) is 3.68. The molecule has 0 saturated heterocycles. The molecular formula is C18H21ClN2O3. The Morgan fingerprint density at radius 1 is 1.21 bits per heavy atom. The maximum absolute atomic E-state index is 12.0. The topological polar surface area (TPSA) is 70.6 Å². The molecule has 2 atom stereocenters. The summed E-state index contributed by atoms with van der Waals surface area (Å²) in [6.07, 6.45) is -0.852. The van der Waals surface area contributed by atoms with E-state index < -0.39 is 6.10 Å². The van der Waals surface area contributed by atoms with Crippen LogP contribution in [0.1, 0.15) is 30.3 Å². The molecule has 2 aromatic carbocycles. The molecule has 0 aliphatic rings. The van der Waals surface area contributed by atoms with Crippen LogP contribution in [0.5, 0.6) is 0 Å². The molecule has 0 aromatic heterocycles. The van der Waals surface area contributed by atoms with Gasteiger partial charge in [-0.05, 0) is 42.3 Å². The van der Waals surface area contributed by atoms with Gasteiger partial charge in [-0.15, -0.1) is 0 Å². The molecule has 0 fully saturated rings. The summed E-state index contributed by atoms with van der Waals surface area (Å²) >= 11 is 5.81. The maximum atomic E-state index is 12.0. The zero-order chi connectivity index (χ0) is 17.5. The molecule has 0 radical (unpaired) electrons. The molecule has 3 N–H and O–H groups in total. The van der Waals surface area contributed by atoms with Crippen LogP contribution in [0.4, 0.5) is 10.5 Å². The second-order valence-corrected chi connectivity index (χ2v) is 5.84. The van der Waals surface area contributed by atoms with Crippen molar-refractivity contribution in [3.63, 3.8) is 0 Å². The summed E-state index contributed by atoms with van der Waals surface area (Å²) in [5.41, 5.74) is 2.32. The van der Waals surface area contributed by atoms with E-state index in [1.807, 2.05) is 25.1 Å². The van der Waals surface area contributed by atoms with Gasteiger partial charge in [0.2, 0.25) is 0 Å². The minimum atomic E-state index is -0.798. The first-order valence-corrected chi connectivity index (χ1v) is 7.98. The predicted octanol–water partition coefficient (Wildman–Crippen LogP) is 3.90. The van der Waals surface area contributed by atoms with Gasteiger partial charge in [0.15, 0.2) is 0 Å². The monoisotopic (exact) mass is 348 g/mol. The van der Waals surface area contributed by atoms with E-state index in [2.05, 4.69) is 10.6 Å². The predicted molar refractivity (Wildman–Crippen MR) is 95.3 cm³/mol. The summed E-state index contributed by atoms with van der Waals surface area (Å²) in [6, 6.07) is 13.9. The van der Waals surface area contributed by atoms with Gasteiger partial charge in [0.05, 0.1) is 12.2 Å². The second kappa shape index (κ2) is 8.68. The molecule has 6 heteroatoms. The zero-order valence-corrected chi connectivity index (χ0v) is 14.4. The Bertz CT molecular complexity index is 676. The lowest BCUT2D eigenvalue weighted by atomic mass is 10.1. The van der Waals surface area contributed by atoms with Crippen LogP contribution in [0, 0.1) is 0 Å². The number of carbonyl (C=O) groups excluding carboxylic acids is 1. The van der Waals surface area contributed by atoms with Crippen molar-refractivity contribution in [2.75, 3.05) is 19.0 Å². The Hall–Kier alpha value is -2.08. The van der Waals surface area contributed by atoms with E-state index in [-0.39, 0.29) is 18.7 Å². The summed E-state index contributed by atoms with van der Waals surface area (Å²) in [7, 11) is 1.63. The minimum absolute atomic E-state index is 0.0541. The number of halogens is 1. The molecular weight excluding hydrogens is 328 g/mol. The highest BCUT2D eigenvalue weighted by Gasteiger charge is 2.10. The van der Waals surface area contributed by atoms with Gasteiger partial charge in [0.25, 0.3) is 0 Å². The molecule has 5 nitrogen and oxygen atoms in total. The molecule has 0 bridgehead atoms. The number of benzene rings is 2. The van der Waals surface area contributed by atoms with Crippen LogP contribution in [0.2, 0.25) is 5.02 Å². The van der Waals surface area contributed by atoms with Crippen LogP contribution in [-0.2, 0) is 4.74 Å². The van der Waals surface area contributed by atoms with Gasteiger partial charge in [0, 0.05) is 24.4 Å². The van der Waals surface area contributed by atoms with Gasteiger partial charge < -0.3 is 20.5 Å². The molecule has 2 amide bonds. The largest absolute Gasteiger partial charge is 0.387 e. The summed E-state index contributed by atoms with van der Waals surface area (Å²) in [6.45, 7) is 2.03. The van der Waals surface area contributed by atoms with E-state index in [4.69, 9.17) is 16.3 Å². The first kappa shape index (κ1) is 18.3. The molecule has 2 unspecified atom stereocenters. The number of aliphatic hydroxyl groups excluding tert-OH is 1. The first-order valence-electron chi connectivity index (χ1n) is 7.60. The molecule has 24 heavy (non-hydrogen) atoms. The van der Waals surface area contributed by atoms with Gasteiger partial charge in [0.1, 0.15) is 0 Å². The van der Waals surface area contributed by atoms with Crippen molar-refractivity contribution in [3.05, 3.63) is 64.7 Å². The number of hydrogen-bond acceptors (Lipinski definition) is 3. The molecule has 2 rings (SSSR count). The number of hydrogen-bond donors (Lipinski definition) is 3. The Balaban J connectivity index is 1.88. The van der Waals surface area contributed by atoms with E-state index in [1.165, 1.54) is 0 Å². The smallest absolute Gasteiger partial charge is 0.319 e. The van der Waals surface area contributed by atoms with Crippen molar-refractivity contribution in [3.8, 4) is 0 Å². The molecule has 0 saturated carbocycles. The van der Waals surface area contributed by atoms with E-state index >= 15 is 0 Å².